The van der Waals surface area contributed by atoms with E-state index >= 15 is 0 Å². The molecule has 13 heteroatoms. The van der Waals surface area contributed by atoms with Crippen LogP contribution in [0.4, 0.5) is 13.2 Å². The third-order valence-corrected chi connectivity index (χ3v) is 7.33. The van der Waals surface area contributed by atoms with Gasteiger partial charge in [-0.25, -0.2) is 8.42 Å². The lowest BCUT2D eigenvalue weighted by molar-refractivity contribution is -0.137. The van der Waals surface area contributed by atoms with Crippen molar-refractivity contribution in [2.75, 3.05) is 18.6 Å². The molecule has 2 aromatic heterocycles. The highest BCUT2D eigenvalue weighted by molar-refractivity contribution is 7.90. The van der Waals surface area contributed by atoms with Crippen LogP contribution in [0.1, 0.15) is 28.4 Å². The fourth-order valence-electron chi connectivity index (χ4n) is 4.52. The van der Waals surface area contributed by atoms with Gasteiger partial charge in [0.2, 0.25) is 0 Å². The topological polar surface area (TPSA) is 136 Å². The molecule has 39 heavy (non-hydrogen) atoms. The zero-order valence-electron chi connectivity index (χ0n) is 20.4. The maximum absolute atomic E-state index is 14.2. The minimum Gasteiger partial charge on any atom is -0.378 e. The van der Waals surface area contributed by atoms with Crippen molar-refractivity contribution in [3.8, 4) is 34.0 Å². The van der Waals surface area contributed by atoms with Crippen molar-refractivity contribution in [2.45, 2.75) is 25.1 Å². The van der Waals surface area contributed by atoms with Gasteiger partial charge in [0, 0.05) is 29.5 Å². The number of aromatic nitrogens is 2. The molecule has 0 saturated carbocycles. The van der Waals surface area contributed by atoms with Crippen LogP contribution in [0, 0.1) is 0 Å². The number of alkyl halides is 3. The van der Waals surface area contributed by atoms with Gasteiger partial charge in [-0.05, 0) is 24.0 Å². The summed E-state index contributed by atoms with van der Waals surface area (Å²) in [5, 5.41) is 20.6. The highest BCUT2D eigenvalue weighted by Crippen LogP contribution is 2.46. The molecule has 2 N–H and O–H groups in total. The van der Waals surface area contributed by atoms with Gasteiger partial charge in [-0.15, -0.1) is 0 Å². The van der Waals surface area contributed by atoms with Gasteiger partial charge in [0.05, 0.1) is 5.75 Å². The van der Waals surface area contributed by atoms with Gasteiger partial charge in [-0.2, -0.15) is 13.2 Å². The summed E-state index contributed by atoms with van der Waals surface area (Å²) in [6, 6.07) is 12.5. The van der Waals surface area contributed by atoms with Crippen LogP contribution in [-0.2, 0) is 33.6 Å². The third kappa shape index (κ3) is 5.32. The average molecular weight is 562 g/mol. The van der Waals surface area contributed by atoms with E-state index in [0.717, 1.165) is 6.26 Å². The minimum absolute atomic E-state index is 0.136. The second-order valence-corrected chi connectivity index (χ2v) is 11.4. The van der Waals surface area contributed by atoms with Gasteiger partial charge in [-0.1, -0.05) is 58.8 Å². The molecule has 0 unspecified atom stereocenters. The van der Waals surface area contributed by atoms with Crippen molar-refractivity contribution in [1.29, 1.82) is 0 Å². The molecule has 204 valence electrons. The molecule has 0 saturated heterocycles. The van der Waals surface area contributed by atoms with Gasteiger partial charge in [-0.3, -0.25) is 4.79 Å². The first-order valence-electron chi connectivity index (χ1n) is 11.8. The van der Waals surface area contributed by atoms with Crippen LogP contribution in [-0.4, -0.2) is 48.3 Å². The largest absolute Gasteiger partial charge is 0.422 e. The molecule has 0 fully saturated rings. The number of rotatable bonds is 7. The Bertz CT molecular complexity index is 1650. The first-order valence-corrected chi connectivity index (χ1v) is 13.9. The molecule has 0 spiro atoms. The van der Waals surface area contributed by atoms with Crippen molar-refractivity contribution < 1.29 is 40.5 Å². The number of aliphatic hydroxyl groups excluding tert-OH is 1. The van der Waals surface area contributed by atoms with E-state index < -0.39 is 45.0 Å². The second kappa shape index (κ2) is 9.97. The number of aliphatic hydroxyl groups is 1. The number of nitrogens with zero attached hydrogens (tertiary/aromatic N) is 2. The van der Waals surface area contributed by atoms with E-state index in [1.807, 2.05) is 0 Å². The summed E-state index contributed by atoms with van der Waals surface area (Å²) < 4.78 is 75.5. The molecule has 1 aliphatic rings. The summed E-state index contributed by atoms with van der Waals surface area (Å²) in [5.74, 6) is -1.57. The van der Waals surface area contributed by atoms with Crippen LogP contribution >= 0.6 is 0 Å². The van der Waals surface area contributed by atoms with Crippen LogP contribution in [0.15, 0.2) is 57.6 Å². The van der Waals surface area contributed by atoms with Crippen molar-refractivity contribution in [1.82, 2.24) is 15.6 Å². The molecule has 4 aromatic rings. The Morgan fingerprint density at radius 2 is 1.74 bits per heavy atom. The van der Waals surface area contributed by atoms with Crippen molar-refractivity contribution in [2.24, 2.45) is 0 Å². The van der Waals surface area contributed by atoms with Crippen LogP contribution < -0.4 is 5.32 Å². The summed E-state index contributed by atoms with van der Waals surface area (Å²) in [5.41, 5.74) is 1.02. The normalized spacial score (nSPS) is 14.0. The first kappa shape index (κ1) is 26.6. The Kier molecular flexibility index (Phi) is 6.81. The Labute approximate surface area is 220 Å². The Balaban J connectivity index is 1.45. The van der Waals surface area contributed by atoms with Crippen LogP contribution in [0.3, 0.4) is 0 Å². The average Bonchev–Trinajstić information content (AvgIpc) is 3.52. The van der Waals surface area contributed by atoms with E-state index in [-0.39, 0.29) is 35.6 Å². The highest BCUT2D eigenvalue weighted by atomic mass is 32.2. The van der Waals surface area contributed by atoms with Crippen LogP contribution in [0.2, 0.25) is 0 Å². The zero-order chi connectivity index (χ0) is 27.9. The van der Waals surface area contributed by atoms with E-state index in [4.69, 9.17) is 9.05 Å². The SMILES string of the molecule is CS(=O)(=O)CCNC(=O)[C@@H](O)c1ccc2c(c1)CCc1c-2noc1-c1noc(-c2ccccc2)c1C(F)(F)F. The number of aryl methyl sites for hydroxylation is 1. The number of halogens is 3. The Morgan fingerprint density at radius 3 is 2.44 bits per heavy atom. The lowest BCUT2D eigenvalue weighted by Crippen LogP contribution is -2.33. The maximum atomic E-state index is 14.2. The second-order valence-electron chi connectivity index (χ2n) is 9.18. The molecule has 1 atom stereocenters. The number of hydrogen-bond acceptors (Lipinski definition) is 8. The van der Waals surface area contributed by atoms with Crippen LogP contribution in [0.5, 0.6) is 0 Å². The Hall–Kier alpha value is -3.97. The monoisotopic (exact) mass is 561 g/mol. The summed E-state index contributed by atoms with van der Waals surface area (Å²) >= 11 is 0. The van der Waals surface area contributed by atoms with Crippen LogP contribution in [0.25, 0.3) is 34.0 Å². The van der Waals surface area contributed by atoms with E-state index in [1.54, 1.807) is 30.3 Å². The molecule has 0 bridgehead atoms. The molecule has 2 aromatic carbocycles. The van der Waals surface area contributed by atoms with E-state index in [9.17, 15) is 31.5 Å². The minimum atomic E-state index is -4.78. The number of carbonyl (C=O) groups excluding carboxylic acids is 1. The molecule has 0 radical (unpaired) electrons. The number of sulfone groups is 1. The highest BCUT2D eigenvalue weighted by Gasteiger charge is 2.43. The number of benzene rings is 2. The molecule has 1 amide bonds. The smallest absolute Gasteiger partial charge is 0.378 e. The number of nitrogens with one attached hydrogen (secondary N) is 1. The standard InChI is InChI=1S/C26H22F3N3O6S/c1-39(35,36)12-11-30-25(34)22(33)16-8-9-17-15(13-16)7-10-18-20(17)31-38-24(18)21-19(26(27,28)29)23(37-32-21)14-5-3-2-4-6-14/h2-6,8-9,13,22,33H,7,10-12H2,1H3,(H,30,34)/t22-/m0/s1. The summed E-state index contributed by atoms with van der Waals surface area (Å²) in [6.45, 7) is -0.140. The molecular formula is C26H22F3N3O6S. The van der Waals surface area contributed by atoms with Gasteiger partial charge in [0.1, 0.15) is 21.1 Å². The van der Waals surface area contributed by atoms with E-state index in [1.165, 1.54) is 18.2 Å². The van der Waals surface area contributed by atoms with Crippen molar-refractivity contribution in [3.05, 3.63) is 70.8 Å². The first-order chi connectivity index (χ1) is 18.4. The molecular weight excluding hydrogens is 539 g/mol. The third-order valence-electron chi connectivity index (χ3n) is 6.38. The molecule has 2 heterocycles. The van der Waals surface area contributed by atoms with E-state index in [0.29, 0.717) is 28.8 Å². The van der Waals surface area contributed by atoms with Crippen molar-refractivity contribution >= 4 is 15.7 Å². The molecule has 0 aliphatic heterocycles. The Morgan fingerprint density at radius 1 is 1.05 bits per heavy atom. The summed E-state index contributed by atoms with van der Waals surface area (Å²) in [7, 11) is -3.28. The number of carbonyl (C=O) groups is 1. The fraction of sp³-hybridized carbons (Fsp3) is 0.269. The fourth-order valence-corrected chi connectivity index (χ4v) is 5.00. The summed E-state index contributed by atoms with van der Waals surface area (Å²) in [6.07, 6.45) is -4.63. The molecule has 5 rings (SSSR count). The quantitative estimate of drug-likeness (QED) is 0.346. The van der Waals surface area contributed by atoms with Gasteiger partial charge >= 0.3 is 6.18 Å². The lowest BCUT2D eigenvalue weighted by atomic mass is 9.86. The van der Waals surface area contributed by atoms with E-state index in [2.05, 4.69) is 15.6 Å². The predicted molar refractivity (Wildman–Crippen MR) is 133 cm³/mol. The van der Waals surface area contributed by atoms with Gasteiger partial charge < -0.3 is 19.5 Å². The zero-order valence-corrected chi connectivity index (χ0v) is 21.3. The summed E-state index contributed by atoms with van der Waals surface area (Å²) in [4.78, 5) is 12.3. The molecule has 1 aliphatic carbocycles. The number of hydrogen-bond donors (Lipinski definition) is 2. The van der Waals surface area contributed by atoms with Crippen molar-refractivity contribution in [3.63, 3.8) is 0 Å². The number of fused-ring (bicyclic) bond motifs is 3. The van der Waals surface area contributed by atoms with Gasteiger partial charge in [0.25, 0.3) is 5.91 Å². The maximum Gasteiger partial charge on any atom is 0.422 e. The number of amides is 1. The van der Waals surface area contributed by atoms with Gasteiger partial charge in [0.15, 0.2) is 23.3 Å². The molecule has 9 nitrogen and oxygen atoms in total. The predicted octanol–water partition coefficient (Wildman–Crippen LogP) is 3.98. The lowest BCUT2D eigenvalue weighted by Gasteiger charge is -2.18.